The Kier molecular flexibility index (Phi) is 2.85. The van der Waals surface area contributed by atoms with Gasteiger partial charge in [-0.2, -0.15) is 0 Å². The number of thiophene rings is 1. The molecule has 2 heteroatoms. The Labute approximate surface area is 88.8 Å². The molecule has 1 aromatic carbocycles. The highest BCUT2D eigenvalue weighted by Gasteiger charge is 2.08. The second kappa shape index (κ2) is 4.11. The lowest BCUT2D eigenvalue weighted by molar-refractivity contribution is 0.602. The average molecular weight is 205 g/mol. The molecule has 0 bridgehead atoms. The van der Waals surface area contributed by atoms with Gasteiger partial charge in [0, 0.05) is 10.7 Å². The second-order valence-electron chi connectivity index (χ2n) is 3.47. The SMILES string of the molecule is CCNC(C)c1cccc2ccsc12. The van der Waals surface area contributed by atoms with Gasteiger partial charge >= 0.3 is 0 Å². The molecular weight excluding hydrogens is 190 g/mol. The third-order valence-electron chi connectivity index (χ3n) is 2.49. The van der Waals surface area contributed by atoms with Crippen LogP contribution < -0.4 is 5.32 Å². The fourth-order valence-corrected chi connectivity index (χ4v) is 2.78. The summed E-state index contributed by atoms with van der Waals surface area (Å²) in [5.74, 6) is 0. The molecule has 14 heavy (non-hydrogen) atoms. The molecule has 0 aliphatic carbocycles. The van der Waals surface area contributed by atoms with E-state index in [1.165, 1.54) is 15.6 Å². The zero-order valence-electron chi connectivity index (χ0n) is 8.58. The highest BCUT2D eigenvalue weighted by Crippen LogP contribution is 2.28. The summed E-state index contributed by atoms with van der Waals surface area (Å²) in [6.07, 6.45) is 0. The van der Waals surface area contributed by atoms with Gasteiger partial charge in [0.05, 0.1) is 0 Å². The molecule has 1 atom stereocenters. The van der Waals surface area contributed by atoms with Gasteiger partial charge < -0.3 is 5.32 Å². The monoisotopic (exact) mass is 205 g/mol. The van der Waals surface area contributed by atoms with Crippen LogP contribution in [0.25, 0.3) is 10.1 Å². The summed E-state index contributed by atoms with van der Waals surface area (Å²) in [6, 6.07) is 9.16. The number of hydrogen-bond acceptors (Lipinski definition) is 2. The van der Waals surface area contributed by atoms with E-state index in [9.17, 15) is 0 Å². The van der Waals surface area contributed by atoms with Crippen molar-refractivity contribution in [1.82, 2.24) is 5.32 Å². The van der Waals surface area contributed by atoms with Crippen molar-refractivity contribution in [1.29, 1.82) is 0 Å². The maximum Gasteiger partial charge on any atom is 0.0390 e. The molecule has 1 aromatic heterocycles. The Bertz CT molecular complexity index is 419. The predicted octanol–water partition coefficient (Wildman–Crippen LogP) is 3.57. The summed E-state index contributed by atoms with van der Waals surface area (Å²) in [5.41, 5.74) is 1.42. The summed E-state index contributed by atoms with van der Waals surface area (Å²) in [5, 5.41) is 6.97. The third-order valence-corrected chi connectivity index (χ3v) is 3.47. The summed E-state index contributed by atoms with van der Waals surface area (Å²) >= 11 is 1.83. The van der Waals surface area contributed by atoms with Gasteiger partial charge in [-0.25, -0.2) is 0 Å². The van der Waals surface area contributed by atoms with Crippen molar-refractivity contribution in [2.75, 3.05) is 6.54 Å². The molecule has 0 saturated carbocycles. The molecule has 0 spiro atoms. The fraction of sp³-hybridized carbons (Fsp3) is 0.333. The minimum absolute atomic E-state index is 0.447. The van der Waals surface area contributed by atoms with Crippen LogP contribution in [0, 0.1) is 0 Å². The van der Waals surface area contributed by atoms with Crippen LogP contribution in [-0.2, 0) is 0 Å². The first kappa shape index (κ1) is 9.69. The summed E-state index contributed by atoms with van der Waals surface area (Å²) < 4.78 is 1.42. The maximum absolute atomic E-state index is 3.45. The summed E-state index contributed by atoms with van der Waals surface area (Å²) in [7, 11) is 0. The molecule has 0 radical (unpaired) electrons. The lowest BCUT2D eigenvalue weighted by atomic mass is 10.1. The molecule has 0 aliphatic heterocycles. The molecule has 2 aromatic rings. The number of rotatable bonds is 3. The first-order valence-electron chi connectivity index (χ1n) is 5.02. The average Bonchev–Trinajstić information content (AvgIpc) is 2.65. The van der Waals surface area contributed by atoms with E-state index in [0.29, 0.717) is 6.04 Å². The Morgan fingerprint density at radius 1 is 1.36 bits per heavy atom. The van der Waals surface area contributed by atoms with Crippen LogP contribution in [0.2, 0.25) is 0 Å². The number of hydrogen-bond donors (Lipinski definition) is 1. The Hall–Kier alpha value is -0.860. The van der Waals surface area contributed by atoms with Gasteiger partial charge in [-0.3, -0.25) is 0 Å². The van der Waals surface area contributed by atoms with Crippen molar-refractivity contribution in [3.05, 3.63) is 35.2 Å². The highest BCUT2D eigenvalue weighted by molar-refractivity contribution is 7.17. The van der Waals surface area contributed by atoms with Gasteiger partial charge in [0.1, 0.15) is 0 Å². The van der Waals surface area contributed by atoms with Crippen LogP contribution in [0.5, 0.6) is 0 Å². The quantitative estimate of drug-likeness (QED) is 0.807. The standard InChI is InChI=1S/C12H15NS/c1-3-13-9(2)11-6-4-5-10-7-8-14-12(10)11/h4-9,13H,3H2,1-2H3. The van der Waals surface area contributed by atoms with Crippen molar-refractivity contribution in [2.24, 2.45) is 0 Å². The van der Waals surface area contributed by atoms with Gasteiger partial charge in [-0.15, -0.1) is 11.3 Å². The predicted molar refractivity (Wildman–Crippen MR) is 63.9 cm³/mol. The summed E-state index contributed by atoms with van der Waals surface area (Å²) in [4.78, 5) is 0. The lowest BCUT2D eigenvalue weighted by Gasteiger charge is -2.13. The van der Waals surface area contributed by atoms with E-state index in [2.05, 4.69) is 48.8 Å². The van der Waals surface area contributed by atoms with E-state index in [1.54, 1.807) is 0 Å². The van der Waals surface area contributed by atoms with Crippen molar-refractivity contribution < 1.29 is 0 Å². The highest BCUT2D eigenvalue weighted by atomic mass is 32.1. The van der Waals surface area contributed by atoms with Crippen LogP contribution in [0.4, 0.5) is 0 Å². The lowest BCUT2D eigenvalue weighted by Crippen LogP contribution is -2.17. The molecule has 74 valence electrons. The third kappa shape index (κ3) is 1.68. The topological polar surface area (TPSA) is 12.0 Å². The van der Waals surface area contributed by atoms with Gasteiger partial charge in [-0.1, -0.05) is 25.1 Å². The van der Waals surface area contributed by atoms with E-state index in [0.717, 1.165) is 6.54 Å². The molecule has 1 heterocycles. The zero-order valence-corrected chi connectivity index (χ0v) is 9.40. The largest absolute Gasteiger partial charge is 0.310 e. The zero-order chi connectivity index (χ0) is 9.97. The second-order valence-corrected chi connectivity index (χ2v) is 4.38. The van der Waals surface area contributed by atoms with Gasteiger partial charge in [0.25, 0.3) is 0 Å². The Morgan fingerprint density at radius 3 is 3.00 bits per heavy atom. The normalized spacial score (nSPS) is 13.3. The maximum atomic E-state index is 3.45. The van der Waals surface area contributed by atoms with Crippen LogP contribution in [0.1, 0.15) is 25.5 Å². The van der Waals surface area contributed by atoms with Crippen molar-refractivity contribution >= 4 is 21.4 Å². The van der Waals surface area contributed by atoms with E-state index in [1.807, 2.05) is 11.3 Å². The first-order chi connectivity index (χ1) is 6.83. The molecular formula is C12H15NS. The molecule has 0 amide bonds. The van der Waals surface area contributed by atoms with Gasteiger partial charge in [0.15, 0.2) is 0 Å². The molecule has 0 aliphatic rings. The van der Waals surface area contributed by atoms with Gasteiger partial charge in [-0.05, 0) is 35.9 Å². The summed E-state index contributed by atoms with van der Waals surface area (Å²) in [6.45, 7) is 5.38. The van der Waals surface area contributed by atoms with Crippen LogP contribution in [0.3, 0.4) is 0 Å². The molecule has 0 fully saturated rings. The number of fused-ring (bicyclic) bond motifs is 1. The molecule has 1 nitrogen and oxygen atoms in total. The smallest absolute Gasteiger partial charge is 0.0390 e. The van der Waals surface area contributed by atoms with E-state index >= 15 is 0 Å². The Morgan fingerprint density at radius 2 is 2.21 bits per heavy atom. The van der Waals surface area contributed by atoms with E-state index < -0.39 is 0 Å². The van der Waals surface area contributed by atoms with Crippen molar-refractivity contribution in [3.63, 3.8) is 0 Å². The van der Waals surface area contributed by atoms with Crippen LogP contribution in [0.15, 0.2) is 29.6 Å². The minimum Gasteiger partial charge on any atom is -0.310 e. The van der Waals surface area contributed by atoms with Crippen LogP contribution >= 0.6 is 11.3 Å². The van der Waals surface area contributed by atoms with Crippen molar-refractivity contribution in [2.45, 2.75) is 19.9 Å². The number of benzene rings is 1. The molecule has 0 saturated heterocycles. The Balaban J connectivity index is 2.45. The van der Waals surface area contributed by atoms with E-state index in [-0.39, 0.29) is 0 Å². The number of nitrogens with one attached hydrogen (secondary N) is 1. The van der Waals surface area contributed by atoms with Gasteiger partial charge in [0.2, 0.25) is 0 Å². The molecule has 1 unspecified atom stereocenters. The molecule has 1 N–H and O–H groups in total. The van der Waals surface area contributed by atoms with Crippen LogP contribution in [-0.4, -0.2) is 6.54 Å². The minimum atomic E-state index is 0.447. The fourth-order valence-electron chi connectivity index (χ4n) is 1.77. The first-order valence-corrected chi connectivity index (χ1v) is 5.90. The van der Waals surface area contributed by atoms with E-state index in [4.69, 9.17) is 0 Å². The molecule has 2 rings (SSSR count). The van der Waals surface area contributed by atoms with Crippen molar-refractivity contribution in [3.8, 4) is 0 Å².